The Hall–Kier alpha value is -0.715. The number of unbranched alkanes of at least 4 members (excludes halogenated alkanes) is 1. The Morgan fingerprint density at radius 1 is 1.18 bits per heavy atom. The van der Waals surface area contributed by atoms with Crippen LogP contribution in [0.2, 0.25) is 0 Å². The van der Waals surface area contributed by atoms with Crippen molar-refractivity contribution in [3.63, 3.8) is 0 Å². The van der Waals surface area contributed by atoms with Crippen LogP contribution in [0.5, 0.6) is 0 Å². The minimum Gasteiger partial charge on any atom is -0.0889 e. The minimum absolute atomic E-state index is 1.23. The standard InChI is InChI=1S/C10H15B/c1-2-3-4-9-5-7-10(11)8-6-9/h5-8H,2-4,11H2,1H3. The van der Waals surface area contributed by atoms with Gasteiger partial charge in [0.25, 0.3) is 0 Å². The fourth-order valence-corrected chi connectivity index (χ4v) is 1.14. The third-order valence-corrected chi connectivity index (χ3v) is 1.94. The average Bonchev–Trinajstić information content (AvgIpc) is 2.04. The third kappa shape index (κ3) is 2.79. The Kier molecular flexibility index (Phi) is 3.22. The van der Waals surface area contributed by atoms with Crippen LogP contribution in [0, 0.1) is 0 Å². The lowest BCUT2D eigenvalue weighted by atomic mass is 9.94. The number of benzene rings is 1. The van der Waals surface area contributed by atoms with E-state index in [9.17, 15) is 0 Å². The summed E-state index contributed by atoms with van der Waals surface area (Å²) in [6.07, 6.45) is 3.83. The molecular weight excluding hydrogens is 131 g/mol. The van der Waals surface area contributed by atoms with Crippen molar-refractivity contribution in [2.45, 2.75) is 26.2 Å². The van der Waals surface area contributed by atoms with Crippen LogP contribution in [0.3, 0.4) is 0 Å². The van der Waals surface area contributed by atoms with Gasteiger partial charge in [0.05, 0.1) is 0 Å². The largest absolute Gasteiger partial charge is 0.139 e. The first kappa shape index (κ1) is 8.38. The van der Waals surface area contributed by atoms with Crippen molar-refractivity contribution < 1.29 is 0 Å². The summed E-state index contributed by atoms with van der Waals surface area (Å²) in [6, 6.07) is 8.83. The van der Waals surface area contributed by atoms with Crippen LogP contribution in [0.1, 0.15) is 25.3 Å². The molecule has 11 heavy (non-hydrogen) atoms. The van der Waals surface area contributed by atoms with Crippen LogP contribution in [-0.2, 0) is 6.42 Å². The Balaban J connectivity index is 2.52. The molecule has 0 amide bonds. The van der Waals surface area contributed by atoms with Crippen LogP contribution in [0.4, 0.5) is 0 Å². The predicted molar refractivity (Wildman–Crippen MR) is 53.2 cm³/mol. The average molecular weight is 146 g/mol. The molecule has 58 valence electrons. The normalized spacial score (nSPS) is 9.91. The molecular formula is C10H15B. The van der Waals surface area contributed by atoms with Gasteiger partial charge >= 0.3 is 0 Å². The lowest BCUT2D eigenvalue weighted by Gasteiger charge is -1.99. The van der Waals surface area contributed by atoms with E-state index < -0.39 is 0 Å². The van der Waals surface area contributed by atoms with E-state index >= 15 is 0 Å². The van der Waals surface area contributed by atoms with Crippen LogP contribution < -0.4 is 5.46 Å². The van der Waals surface area contributed by atoms with E-state index in [0.29, 0.717) is 0 Å². The summed E-state index contributed by atoms with van der Waals surface area (Å²) in [7, 11) is 2.13. The monoisotopic (exact) mass is 146 g/mol. The zero-order valence-electron chi connectivity index (χ0n) is 7.43. The van der Waals surface area contributed by atoms with Crippen molar-refractivity contribution in [1.82, 2.24) is 0 Å². The highest BCUT2D eigenvalue weighted by molar-refractivity contribution is 6.32. The highest BCUT2D eigenvalue weighted by Gasteiger charge is 1.90. The number of hydrogen-bond donors (Lipinski definition) is 0. The second kappa shape index (κ2) is 4.22. The molecule has 0 aliphatic heterocycles. The van der Waals surface area contributed by atoms with Crippen LogP contribution >= 0.6 is 0 Å². The smallest absolute Gasteiger partial charge is 0.0889 e. The summed E-state index contributed by atoms with van der Waals surface area (Å²) in [5.74, 6) is 0. The molecule has 1 aromatic rings. The molecule has 0 unspecified atom stereocenters. The molecule has 0 saturated carbocycles. The molecule has 0 N–H and O–H groups in total. The molecule has 0 aliphatic carbocycles. The number of hydrogen-bond acceptors (Lipinski definition) is 0. The lowest BCUT2D eigenvalue weighted by molar-refractivity contribution is 0.795. The molecule has 0 radical (unpaired) electrons. The van der Waals surface area contributed by atoms with Crippen molar-refractivity contribution in [1.29, 1.82) is 0 Å². The van der Waals surface area contributed by atoms with Gasteiger partial charge in [-0.25, -0.2) is 0 Å². The molecule has 0 bridgehead atoms. The van der Waals surface area contributed by atoms with Gasteiger partial charge in [0.15, 0.2) is 0 Å². The van der Waals surface area contributed by atoms with Crippen LogP contribution in [0.15, 0.2) is 24.3 Å². The first-order valence-electron chi connectivity index (χ1n) is 4.38. The van der Waals surface area contributed by atoms with E-state index in [1.54, 1.807) is 0 Å². The maximum absolute atomic E-state index is 2.23. The molecule has 0 atom stereocenters. The van der Waals surface area contributed by atoms with E-state index in [2.05, 4.69) is 39.0 Å². The predicted octanol–water partition coefficient (Wildman–Crippen LogP) is 1.29. The summed E-state index contributed by atoms with van der Waals surface area (Å²) in [5, 5.41) is 0. The maximum Gasteiger partial charge on any atom is 0.139 e. The molecule has 0 fully saturated rings. The van der Waals surface area contributed by atoms with Crippen molar-refractivity contribution in [3.8, 4) is 0 Å². The summed E-state index contributed by atoms with van der Waals surface area (Å²) < 4.78 is 0. The minimum atomic E-state index is 1.23. The van der Waals surface area contributed by atoms with Gasteiger partial charge in [-0.05, 0) is 18.4 Å². The lowest BCUT2D eigenvalue weighted by Crippen LogP contribution is -2.00. The first-order valence-corrected chi connectivity index (χ1v) is 4.38. The number of aryl methyl sites for hydroxylation is 1. The molecule has 0 aromatic heterocycles. The summed E-state index contributed by atoms with van der Waals surface area (Å²) in [4.78, 5) is 0. The molecule has 0 saturated heterocycles. The Morgan fingerprint density at radius 3 is 2.36 bits per heavy atom. The highest BCUT2D eigenvalue weighted by Crippen LogP contribution is 2.02. The zero-order chi connectivity index (χ0) is 8.10. The van der Waals surface area contributed by atoms with Crippen molar-refractivity contribution in [2.75, 3.05) is 0 Å². The van der Waals surface area contributed by atoms with Gasteiger partial charge in [-0.1, -0.05) is 43.1 Å². The molecule has 0 heterocycles. The first-order chi connectivity index (χ1) is 5.33. The van der Waals surface area contributed by atoms with E-state index in [1.807, 2.05) is 0 Å². The Labute approximate surface area is 70.0 Å². The van der Waals surface area contributed by atoms with Crippen LogP contribution in [-0.4, -0.2) is 7.85 Å². The summed E-state index contributed by atoms with van der Waals surface area (Å²) in [6.45, 7) is 2.23. The van der Waals surface area contributed by atoms with Crippen molar-refractivity contribution >= 4 is 13.3 Å². The maximum atomic E-state index is 2.23. The molecule has 0 aliphatic rings. The molecule has 0 nitrogen and oxygen atoms in total. The van der Waals surface area contributed by atoms with Crippen molar-refractivity contribution in [2.24, 2.45) is 0 Å². The van der Waals surface area contributed by atoms with E-state index in [1.165, 1.54) is 30.3 Å². The molecule has 1 heteroatoms. The SMILES string of the molecule is Bc1ccc(CCCC)cc1. The van der Waals surface area contributed by atoms with Gasteiger partial charge in [0.1, 0.15) is 7.85 Å². The van der Waals surface area contributed by atoms with Gasteiger partial charge in [-0.2, -0.15) is 0 Å². The van der Waals surface area contributed by atoms with E-state index in [0.717, 1.165) is 0 Å². The second-order valence-corrected chi connectivity index (χ2v) is 3.09. The van der Waals surface area contributed by atoms with Gasteiger partial charge in [0.2, 0.25) is 0 Å². The Morgan fingerprint density at radius 2 is 1.82 bits per heavy atom. The molecule has 1 aromatic carbocycles. The topological polar surface area (TPSA) is 0 Å². The van der Waals surface area contributed by atoms with Gasteiger partial charge in [-0.15, -0.1) is 0 Å². The third-order valence-electron chi connectivity index (χ3n) is 1.94. The van der Waals surface area contributed by atoms with E-state index in [4.69, 9.17) is 0 Å². The van der Waals surface area contributed by atoms with Crippen LogP contribution in [0.25, 0.3) is 0 Å². The fourth-order valence-electron chi connectivity index (χ4n) is 1.14. The zero-order valence-corrected chi connectivity index (χ0v) is 7.43. The molecule has 1 rings (SSSR count). The second-order valence-electron chi connectivity index (χ2n) is 3.09. The Bertz CT molecular complexity index is 201. The summed E-state index contributed by atoms with van der Waals surface area (Å²) >= 11 is 0. The number of rotatable bonds is 3. The van der Waals surface area contributed by atoms with E-state index in [-0.39, 0.29) is 0 Å². The fraction of sp³-hybridized carbons (Fsp3) is 0.400. The summed E-state index contributed by atoms with van der Waals surface area (Å²) in [5.41, 5.74) is 2.82. The van der Waals surface area contributed by atoms with Gasteiger partial charge < -0.3 is 0 Å². The van der Waals surface area contributed by atoms with Crippen molar-refractivity contribution in [3.05, 3.63) is 29.8 Å². The van der Waals surface area contributed by atoms with Gasteiger partial charge in [0, 0.05) is 0 Å². The highest BCUT2D eigenvalue weighted by atomic mass is 13.9. The van der Waals surface area contributed by atoms with Gasteiger partial charge in [-0.3, -0.25) is 0 Å². The quantitative estimate of drug-likeness (QED) is 0.563. The molecule has 0 spiro atoms.